The molecule has 1 heteroatoms. The molecule has 0 heterocycles. The van der Waals surface area contributed by atoms with Crippen molar-refractivity contribution in [2.45, 2.75) is 33.1 Å². The van der Waals surface area contributed by atoms with Crippen LogP contribution in [0.4, 0.5) is 0 Å². The van der Waals surface area contributed by atoms with Crippen LogP contribution in [-0.4, -0.2) is 7.05 Å². The summed E-state index contributed by atoms with van der Waals surface area (Å²) in [5.74, 6) is 0.824. The van der Waals surface area contributed by atoms with E-state index in [1.54, 1.807) is 5.57 Å². The fraction of sp³-hybridized carbons (Fsp3) is 0.636. The van der Waals surface area contributed by atoms with Gasteiger partial charge in [0.25, 0.3) is 0 Å². The molecule has 0 aliphatic heterocycles. The van der Waals surface area contributed by atoms with Gasteiger partial charge in [0.05, 0.1) is 0 Å². The predicted molar refractivity (Wildman–Crippen MR) is 53.9 cm³/mol. The van der Waals surface area contributed by atoms with E-state index in [-0.39, 0.29) is 0 Å². The maximum absolute atomic E-state index is 3.19. The lowest BCUT2D eigenvalue weighted by molar-refractivity contribution is 0.580. The highest BCUT2D eigenvalue weighted by Crippen LogP contribution is 2.22. The maximum atomic E-state index is 3.19. The molecule has 0 aromatic carbocycles. The van der Waals surface area contributed by atoms with Gasteiger partial charge in [-0.15, -0.1) is 0 Å². The van der Waals surface area contributed by atoms with Crippen molar-refractivity contribution in [3.63, 3.8) is 0 Å². The van der Waals surface area contributed by atoms with Crippen molar-refractivity contribution in [2.75, 3.05) is 7.05 Å². The Balaban J connectivity index is 2.22. The summed E-state index contributed by atoms with van der Waals surface area (Å²) in [5.41, 5.74) is 2.93. The van der Waals surface area contributed by atoms with Crippen molar-refractivity contribution >= 4 is 0 Å². The highest BCUT2D eigenvalue weighted by atomic mass is 14.8. The van der Waals surface area contributed by atoms with Crippen molar-refractivity contribution in [1.82, 2.24) is 5.32 Å². The summed E-state index contributed by atoms with van der Waals surface area (Å²) in [4.78, 5) is 0. The van der Waals surface area contributed by atoms with E-state index in [9.17, 15) is 0 Å². The largest absolute Gasteiger partial charge is 0.391 e. The molecule has 0 fully saturated rings. The van der Waals surface area contributed by atoms with Crippen molar-refractivity contribution in [1.29, 1.82) is 0 Å². The maximum Gasteiger partial charge on any atom is 0.0145 e. The van der Waals surface area contributed by atoms with Crippen LogP contribution in [0.25, 0.3) is 0 Å². The first-order chi connectivity index (χ1) is 5.72. The molecule has 0 radical (unpaired) electrons. The van der Waals surface area contributed by atoms with Gasteiger partial charge in [0.15, 0.2) is 0 Å². The Morgan fingerprint density at radius 2 is 2.17 bits per heavy atom. The van der Waals surface area contributed by atoms with E-state index in [2.05, 4.69) is 31.3 Å². The van der Waals surface area contributed by atoms with Gasteiger partial charge >= 0.3 is 0 Å². The van der Waals surface area contributed by atoms with Crippen LogP contribution in [0.2, 0.25) is 0 Å². The third kappa shape index (κ3) is 2.72. The number of hydrogen-bond donors (Lipinski definition) is 1. The highest BCUT2D eigenvalue weighted by molar-refractivity contribution is 5.29. The van der Waals surface area contributed by atoms with Gasteiger partial charge in [-0.05, 0) is 24.8 Å². The van der Waals surface area contributed by atoms with Crippen molar-refractivity contribution in [3.8, 4) is 0 Å². The van der Waals surface area contributed by atoms with E-state index in [1.165, 1.54) is 18.5 Å². The summed E-state index contributed by atoms with van der Waals surface area (Å²) in [5, 5.41) is 3.19. The summed E-state index contributed by atoms with van der Waals surface area (Å²) in [6.07, 6.45) is 8.17. The van der Waals surface area contributed by atoms with Gasteiger partial charge in [0.2, 0.25) is 0 Å². The van der Waals surface area contributed by atoms with Gasteiger partial charge in [-0.3, -0.25) is 0 Å². The van der Waals surface area contributed by atoms with Gasteiger partial charge in [0, 0.05) is 19.2 Å². The monoisotopic (exact) mass is 165 g/mol. The fourth-order valence-corrected chi connectivity index (χ4v) is 1.40. The number of allylic oxidation sites excluding steroid dienone is 3. The van der Waals surface area contributed by atoms with Gasteiger partial charge in [0.1, 0.15) is 0 Å². The van der Waals surface area contributed by atoms with Crippen LogP contribution in [0.5, 0.6) is 0 Å². The van der Waals surface area contributed by atoms with E-state index >= 15 is 0 Å². The molecule has 1 aliphatic carbocycles. The van der Waals surface area contributed by atoms with Crippen LogP contribution in [0.15, 0.2) is 23.4 Å². The zero-order chi connectivity index (χ0) is 8.97. The smallest absolute Gasteiger partial charge is 0.0145 e. The molecule has 1 aliphatic rings. The fourth-order valence-electron chi connectivity index (χ4n) is 1.40. The quantitative estimate of drug-likeness (QED) is 0.675. The zero-order valence-corrected chi connectivity index (χ0v) is 8.35. The van der Waals surface area contributed by atoms with Gasteiger partial charge in [-0.1, -0.05) is 25.5 Å². The minimum absolute atomic E-state index is 0.824. The molecule has 0 aromatic heterocycles. The Morgan fingerprint density at radius 1 is 1.42 bits per heavy atom. The summed E-state index contributed by atoms with van der Waals surface area (Å²) >= 11 is 0. The average Bonchev–Trinajstić information content (AvgIpc) is 2.48. The lowest BCUT2D eigenvalue weighted by atomic mass is 10.0. The molecule has 1 N–H and O–H groups in total. The van der Waals surface area contributed by atoms with Crippen LogP contribution in [0, 0.1) is 5.92 Å². The van der Waals surface area contributed by atoms with E-state index in [4.69, 9.17) is 0 Å². The van der Waals surface area contributed by atoms with Crippen LogP contribution in [-0.2, 0) is 0 Å². The second-order valence-electron chi connectivity index (χ2n) is 3.88. The molecule has 68 valence electrons. The van der Waals surface area contributed by atoms with E-state index in [1.807, 2.05) is 7.05 Å². The first-order valence-electron chi connectivity index (χ1n) is 4.78. The number of hydrogen-bond acceptors (Lipinski definition) is 1. The standard InChI is InChI=1S/C11H19N/c1-9(2)4-5-10-6-7-11(8-10)12-3/h6-7,9,12H,4-5,8H2,1-3H3. The van der Waals surface area contributed by atoms with E-state index in [0.717, 1.165) is 12.3 Å². The van der Waals surface area contributed by atoms with Crippen LogP contribution >= 0.6 is 0 Å². The third-order valence-corrected chi connectivity index (χ3v) is 2.30. The Morgan fingerprint density at radius 3 is 2.67 bits per heavy atom. The molecule has 12 heavy (non-hydrogen) atoms. The van der Waals surface area contributed by atoms with Crippen molar-refractivity contribution in [3.05, 3.63) is 23.4 Å². The van der Waals surface area contributed by atoms with Gasteiger partial charge in [-0.25, -0.2) is 0 Å². The average molecular weight is 165 g/mol. The molecule has 0 aromatic rings. The molecule has 0 atom stereocenters. The number of nitrogens with one attached hydrogen (secondary N) is 1. The summed E-state index contributed by atoms with van der Waals surface area (Å²) in [7, 11) is 1.99. The second-order valence-corrected chi connectivity index (χ2v) is 3.88. The lowest BCUT2D eigenvalue weighted by Gasteiger charge is -2.06. The normalized spacial score (nSPS) is 16.3. The highest BCUT2D eigenvalue weighted by Gasteiger charge is 2.06. The summed E-state index contributed by atoms with van der Waals surface area (Å²) < 4.78 is 0. The molecule has 0 unspecified atom stereocenters. The Kier molecular flexibility index (Phi) is 3.39. The topological polar surface area (TPSA) is 12.0 Å². The van der Waals surface area contributed by atoms with Crippen LogP contribution < -0.4 is 5.32 Å². The minimum Gasteiger partial charge on any atom is -0.391 e. The lowest BCUT2D eigenvalue weighted by Crippen LogP contribution is -2.03. The predicted octanol–water partition coefficient (Wildman–Crippen LogP) is 2.86. The molecule has 0 bridgehead atoms. The van der Waals surface area contributed by atoms with E-state index < -0.39 is 0 Å². The number of rotatable bonds is 4. The van der Waals surface area contributed by atoms with Crippen LogP contribution in [0.3, 0.4) is 0 Å². The molecular formula is C11H19N. The van der Waals surface area contributed by atoms with E-state index in [0.29, 0.717) is 0 Å². The van der Waals surface area contributed by atoms with Crippen molar-refractivity contribution < 1.29 is 0 Å². The molecule has 1 rings (SSSR count). The van der Waals surface area contributed by atoms with Crippen LogP contribution in [0.1, 0.15) is 33.1 Å². The Bertz CT molecular complexity index is 199. The minimum atomic E-state index is 0.824. The SMILES string of the molecule is CNC1=CC=C(CCC(C)C)C1. The second kappa shape index (κ2) is 4.34. The Hall–Kier alpha value is -0.720. The first kappa shape index (κ1) is 9.37. The molecule has 0 saturated heterocycles. The first-order valence-corrected chi connectivity index (χ1v) is 4.78. The molecule has 0 saturated carbocycles. The zero-order valence-electron chi connectivity index (χ0n) is 8.35. The molecule has 1 nitrogen and oxygen atoms in total. The molecule has 0 spiro atoms. The summed E-state index contributed by atoms with van der Waals surface area (Å²) in [6.45, 7) is 4.56. The van der Waals surface area contributed by atoms with Gasteiger partial charge < -0.3 is 5.32 Å². The van der Waals surface area contributed by atoms with Crippen molar-refractivity contribution in [2.24, 2.45) is 5.92 Å². The third-order valence-electron chi connectivity index (χ3n) is 2.30. The molecule has 0 amide bonds. The molecular weight excluding hydrogens is 146 g/mol. The Labute approximate surface area is 75.6 Å². The van der Waals surface area contributed by atoms with Gasteiger partial charge in [-0.2, -0.15) is 0 Å². The summed E-state index contributed by atoms with van der Waals surface area (Å²) in [6, 6.07) is 0.